The molecule has 3 fully saturated rings. The van der Waals surface area contributed by atoms with Crippen LogP contribution in [-0.2, 0) is 9.47 Å². The fraction of sp³-hybridized carbons (Fsp3) is 0.529. The van der Waals surface area contributed by atoms with E-state index in [9.17, 15) is 15.8 Å². The number of nitrogens with zero attached hydrogens (tertiary/aromatic N) is 3. The Kier molecular flexibility index (Phi) is 2.83. The van der Waals surface area contributed by atoms with Crippen LogP contribution in [-0.4, -0.2) is 11.7 Å². The molecular formula is C17H14N4O3. The third-order valence-corrected chi connectivity index (χ3v) is 5.62. The summed E-state index contributed by atoms with van der Waals surface area (Å²) in [5.74, 6) is -1.70. The Bertz CT molecular complexity index is 813. The second-order valence-corrected chi connectivity index (χ2v) is 6.51. The lowest BCUT2D eigenvalue weighted by Gasteiger charge is -2.50. The predicted octanol–water partition coefficient (Wildman–Crippen LogP) is 2.79. The molecule has 1 aliphatic carbocycles. The monoisotopic (exact) mass is 322 g/mol. The Hall–Kier alpha value is -2.82. The van der Waals surface area contributed by atoms with Crippen LogP contribution in [0.1, 0.15) is 37.5 Å². The lowest BCUT2D eigenvalue weighted by molar-refractivity contribution is -0.297. The zero-order chi connectivity index (χ0) is 17.0. The molecule has 120 valence electrons. The van der Waals surface area contributed by atoms with Crippen LogP contribution in [0.25, 0.3) is 0 Å². The summed E-state index contributed by atoms with van der Waals surface area (Å²) in [4.78, 5) is 0. The summed E-state index contributed by atoms with van der Waals surface area (Å²) in [6.07, 6.45) is 3.12. The lowest BCUT2D eigenvalue weighted by Crippen LogP contribution is -2.60. The van der Waals surface area contributed by atoms with Crippen LogP contribution in [0.2, 0.25) is 0 Å². The normalized spacial score (nSPS) is 39.0. The zero-order valence-electron chi connectivity index (χ0n) is 12.8. The average molecular weight is 322 g/mol. The fourth-order valence-electron chi connectivity index (χ4n) is 4.56. The molecule has 2 saturated heterocycles. The predicted molar refractivity (Wildman–Crippen MR) is 77.7 cm³/mol. The van der Waals surface area contributed by atoms with E-state index < -0.39 is 28.6 Å². The minimum atomic E-state index is -1.90. The van der Waals surface area contributed by atoms with Crippen LogP contribution < -0.4 is 0 Å². The van der Waals surface area contributed by atoms with Crippen LogP contribution in [0.4, 0.5) is 0 Å². The number of hydrogen-bond acceptors (Lipinski definition) is 7. The molecule has 3 aliphatic rings. The van der Waals surface area contributed by atoms with E-state index in [1.54, 1.807) is 12.1 Å². The SMILES string of the molecule is N#CC1(C#N)C(c2ccco2)OC23CCCCC2C1(C#N)C(=N)O3. The van der Waals surface area contributed by atoms with Gasteiger partial charge in [-0.25, -0.2) is 0 Å². The minimum Gasteiger partial charge on any atom is -0.466 e. The number of nitrogens with one attached hydrogen (secondary N) is 1. The van der Waals surface area contributed by atoms with Gasteiger partial charge in [-0.15, -0.1) is 0 Å². The molecule has 7 nitrogen and oxygen atoms in total. The van der Waals surface area contributed by atoms with Crippen molar-refractivity contribution in [1.82, 2.24) is 0 Å². The van der Waals surface area contributed by atoms with Gasteiger partial charge in [-0.05, 0) is 25.0 Å². The van der Waals surface area contributed by atoms with Crippen molar-refractivity contribution in [2.75, 3.05) is 0 Å². The summed E-state index contributed by atoms with van der Waals surface area (Å²) in [5.41, 5.74) is -3.56. The molecule has 2 aliphatic heterocycles. The molecule has 7 heteroatoms. The molecule has 1 N–H and O–H groups in total. The van der Waals surface area contributed by atoms with E-state index >= 15 is 0 Å². The van der Waals surface area contributed by atoms with E-state index in [0.29, 0.717) is 18.6 Å². The van der Waals surface area contributed by atoms with Crippen LogP contribution >= 0.6 is 0 Å². The first-order chi connectivity index (χ1) is 11.6. The Labute approximate surface area is 138 Å². The standard InChI is InChI=1S/C17H14N4O3/c18-8-15(9-19)13(11-4-3-7-22-11)23-17-6-2-1-5-12(17)16(15,10-20)14(21)24-17/h3-4,7,12-13,21H,1-2,5-6H2. The number of furan rings is 1. The number of ether oxygens (including phenoxy) is 2. The third-order valence-electron chi connectivity index (χ3n) is 5.62. The summed E-state index contributed by atoms with van der Waals surface area (Å²) in [6, 6.07) is 9.36. The van der Waals surface area contributed by atoms with E-state index in [2.05, 4.69) is 6.07 Å². The first-order valence-corrected chi connectivity index (χ1v) is 7.83. The first kappa shape index (κ1) is 14.8. The van der Waals surface area contributed by atoms with Gasteiger partial charge in [0.25, 0.3) is 0 Å². The van der Waals surface area contributed by atoms with Crippen molar-refractivity contribution >= 4 is 5.90 Å². The molecule has 1 saturated carbocycles. The maximum atomic E-state index is 10.0. The van der Waals surface area contributed by atoms with Crippen LogP contribution in [0.5, 0.6) is 0 Å². The van der Waals surface area contributed by atoms with E-state index in [-0.39, 0.29) is 5.90 Å². The molecule has 4 unspecified atom stereocenters. The largest absolute Gasteiger partial charge is 0.466 e. The molecule has 4 rings (SSSR count). The average Bonchev–Trinajstić information content (AvgIpc) is 3.19. The Balaban J connectivity index is 2.02. The molecular weight excluding hydrogens is 308 g/mol. The molecule has 0 aromatic carbocycles. The zero-order valence-corrected chi connectivity index (χ0v) is 12.8. The summed E-state index contributed by atoms with van der Waals surface area (Å²) in [6.45, 7) is 0. The summed E-state index contributed by atoms with van der Waals surface area (Å²) < 4.78 is 17.3. The van der Waals surface area contributed by atoms with Crippen molar-refractivity contribution in [2.24, 2.45) is 16.7 Å². The highest BCUT2D eigenvalue weighted by Crippen LogP contribution is 2.69. The molecule has 2 bridgehead atoms. The third kappa shape index (κ3) is 1.36. The van der Waals surface area contributed by atoms with Gasteiger partial charge in [0.05, 0.1) is 30.4 Å². The lowest BCUT2D eigenvalue weighted by atomic mass is 9.52. The molecule has 1 aromatic heterocycles. The Morgan fingerprint density at radius 1 is 1.17 bits per heavy atom. The maximum Gasteiger partial charge on any atom is 0.217 e. The van der Waals surface area contributed by atoms with Crippen LogP contribution in [0.3, 0.4) is 0 Å². The van der Waals surface area contributed by atoms with Gasteiger partial charge in [-0.1, -0.05) is 6.42 Å². The number of nitriles is 3. The molecule has 3 heterocycles. The molecule has 4 atom stereocenters. The summed E-state index contributed by atoms with van der Waals surface area (Å²) >= 11 is 0. The number of hydrogen-bond donors (Lipinski definition) is 1. The van der Waals surface area contributed by atoms with Crippen molar-refractivity contribution in [1.29, 1.82) is 21.2 Å². The topological polar surface area (TPSA) is 127 Å². The second kappa shape index (κ2) is 4.60. The van der Waals surface area contributed by atoms with Gasteiger partial charge in [0.2, 0.25) is 17.1 Å². The highest BCUT2D eigenvalue weighted by molar-refractivity contribution is 5.89. The fourth-order valence-corrected chi connectivity index (χ4v) is 4.56. The second-order valence-electron chi connectivity index (χ2n) is 6.51. The molecule has 0 radical (unpaired) electrons. The highest BCUT2D eigenvalue weighted by atomic mass is 16.7. The van der Waals surface area contributed by atoms with E-state index in [4.69, 9.17) is 19.3 Å². The van der Waals surface area contributed by atoms with Crippen molar-refractivity contribution in [3.8, 4) is 18.2 Å². The van der Waals surface area contributed by atoms with E-state index in [1.165, 1.54) is 6.26 Å². The summed E-state index contributed by atoms with van der Waals surface area (Å²) in [7, 11) is 0. The molecule has 1 aromatic rings. The molecule has 0 amide bonds. The minimum absolute atomic E-state index is 0.291. The van der Waals surface area contributed by atoms with Crippen LogP contribution in [0.15, 0.2) is 22.8 Å². The van der Waals surface area contributed by atoms with Gasteiger partial charge >= 0.3 is 0 Å². The van der Waals surface area contributed by atoms with Crippen LogP contribution in [0, 0.1) is 56.2 Å². The van der Waals surface area contributed by atoms with Gasteiger partial charge in [-0.2, -0.15) is 15.8 Å². The quantitative estimate of drug-likeness (QED) is 0.846. The van der Waals surface area contributed by atoms with Gasteiger partial charge < -0.3 is 13.9 Å². The molecule has 24 heavy (non-hydrogen) atoms. The van der Waals surface area contributed by atoms with E-state index in [1.807, 2.05) is 12.1 Å². The summed E-state index contributed by atoms with van der Waals surface area (Å²) in [5, 5.41) is 38.2. The van der Waals surface area contributed by atoms with Gasteiger partial charge in [-0.3, -0.25) is 5.41 Å². The Morgan fingerprint density at radius 3 is 2.58 bits per heavy atom. The Morgan fingerprint density at radius 2 is 1.96 bits per heavy atom. The smallest absolute Gasteiger partial charge is 0.217 e. The van der Waals surface area contributed by atoms with Crippen molar-refractivity contribution in [3.63, 3.8) is 0 Å². The number of rotatable bonds is 1. The van der Waals surface area contributed by atoms with Gasteiger partial charge in [0.1, 0.15) is 5.76 Å². The van der Waals surface area contributed by atoms with Gasteiger partial charge in [0, 0.05) is 6.42 Å². The molecule has 0 spiro atoms. The van der Waals surface area contributed by atoms with Crippen molar-refractivity contribution in [2.45, 2.75) is 37.6 Å². The highest BCUT2D eigenvalue weighted by Gasteiger charge is 2.80. The maximum absolute atomic E-state index is 10.0. The van der Waals surface area contributed by atoms with Crippen molar-refractivity contribution < 1.29 is 13.9 Å². The van der Waals surface area contributed by atoms with Gasteiger partial charge in [0.15, 0.2) is 11.5 Å². The van der Waals surface area contributed by atoms with E-state index in [0.717, 1.165) is 12.8 Å². The van der Waals surface area contributed by atoms with Crippen molar-refractivity contribution in [3.05, 3.63) is 24.2 Å². The first-order valence-electron chi connectivity index (χ1n) is 7.83.